The van der Waals surface area contributed by atoms with E-state index in [0.717, 1.165) is 21.5 Å². The molecule has 0 aliphatic rings. The molecule has 0 bridgehead atoms. The van der Waals surface area contributed by atoms with Crippen LogP contribution in [0.2, 0.25) is 0 Å². The molecule has 0 spiro atoms. The number of thioether (sulfide) groups is 1. The number of benzene rings is 2. The first-order valence-electron chi connectivity index (χ1n) is 8.09. The lowest BCUT2D eigenvalue weighted by Crippen LogP contribution is -2.14. The Labute approximate surface area is 153 Å². The number of nitrogens with one attached hydrogen (secondary N) is 3. The number of nitrogens with zero attached hydrogens (tertiary/aromatic N) is 1. The van der Waals surface area contributed by atoms with Crippen LogP contribution in [0.25, 0.3) is 21.9 Å². The van der Waals surface area contributed by atoms with Gasteiger partial charge in [-0.3, -0.25) is 4.79 Å². The van der Waals surface area contributed by atoms with Gasteiger partial charge >= 0.3 is 5.69 Å². The maximum atomic E-state index is 12.2. The van der Waals surface area contributed by atoms with Gasteiger partial charge in [0, 0.05) is 11.1 Å². The lowest BCUT2D eigenvalue weighted by molar-refractivity contribution is -0.113. The molecular formula is C19H16N4O2S. The molecule has 0 aliphatic heterocycles. The van der Waals surface area contributed by atoms with Crippen molar-refractivity contribution in [2.45, 2.75) is 11.9 Å². The van der Waals surface area contributed by atoms with Crippen LogP contribution in [0.3, 0.4) is 0 Å². The first kappa shape index (κ1) is 16.4. The fourth-order valence-corrected chi connectivity index (χ4v) is 3.61. The Morgan fingerprint density at radius 2 is 1.92 bits per heavy atom. The van der Waals surface area contributed by atoms with E-state index < -0.39 is 0 Å². The largest absolute Gasteiger partial charge is 0.325 e. The van der Waals surface area contributed by atoms with Crippen molar-refractivity contribution >= 4 is 45.3 Å². The second-order valence-corrected chi connectivity index (χ2v) is 6.97. The van der Waals surface area contributed by atoms with E-state index in [-0.39, 0.29) is 17.3 Å². The predicted molar refractivity (Wildman–Crippen MR) is 105 cm³/mol. The van der Waals surface area contributed by atoms with Crippen molar-refractivity contribution in [2.75, 3.05) is 11.1 Å². The Morgan fingerprint density at radius 3 is 2.81 bits per heavy atom. The second kappa shape index (κ2) is 6.68. The number of carbonyl (C=O) groups is 1. The summed E-state index contributed by atoms with van der Waals surface area (Å²) >= 11 is 1.40. The van der Waals surface area contributed by atoms with Crippen molar-refractivity contribution in [3.63, 3.8) is 0 Å². The summed E-state index contributed by atoms with van der Waals surface area (Å²) in [6.45, 7) is 2.04. The zero-order valence-corrected chi connectivity index (χ0v) is 14.8. The van der Waals surface area contributed by atoms with Crippen LogP contribution in [0.4, 0.5) is 5.69 Å². The van der Waals surface area contributed by atoms with Crippen LogP contribution in [0, 0.1) is 6.92 Å². The highest BCUT2D eigenvalue weighted by Gasteiger charge is 2.08. The van der Waals surface area contributed by atoms with Crippen LogP contribution in [0.15, 0.2) is 58.4 Å². The van der Waals surface area contributed by atoms with Crippen LogP contribution in [-0.2, 0) is 4.79 Å². The molecule has 2 aromatic heterocycles. The summed E-state index contributed by atoms with van der Waals surface area (Å²) in [5, 5.41) is 4.78. The van der Waals surface area contributed by atoms with E-state index in [1.54, 1.807) is 18.2 Å². The molecule has 2 heterocycles. The van der Waals surface area contributed by atoms with Crippen LogP contribution >= 0.6 is 11.8 Å². The molecule has 6 nitrogen and oxygen atoms in total. The highest BCUT2D eigenvalue weighted by atomic mass is 32.2. The molecule has 0 aliphatic carbocycles. The van der Waals surface area contributed by atoms with E-state index in [1.807, 2.05) is 37.3 Å². The van der Waals surface area contributed by atoms with E-state index in [0.29, 0.717) is 16.7 Å². The summed E-state index contributed by atoms with van der Waals surface area (Å²) < 4.78 is 0. The molecule has 4 aromatic rings. The van der Waals surface area contributed by atoms with Crippen molar-refractivity contribution < 1.29 is 4.79 Å². The van der Waals surface area contributed by atoms with Gasteiger partial charge in [0.15, 0.2) is 0 Å². The monoisotopic (exact) mass is 364 g/mol. The molecule has 0 saturated heterocycles. The van der Waals surface area contributed by atoms with E-state index in [9.17, 15) is 9.59 Å². The quantitative estimate of drug-likeness (QED) is 0.484. The van der Waals surface area contributed by atoms with Gasteiger partial charge < -0.3 is 15.3 Å². The van der Waals surface area contributed by atoms with Gasteiger partial charge in [0.05, 0.1) is 27.3 Å². The van der Waals surface area contributed by atoms with Gasteiger partial charge in [-0.25, -0.2) is 9.78 Å². The molecule has 3 N–H and O–H groups in total. The number of aromatic amines is 2. The number of carbonyl (C=O) groups excluding carboxylic acids is 1. The molecule has 26 heavy (non-hydrogen) atoms. The molecule has 0 radical (unpaired) electrons. The second-order valence-electron chi connectivity index (χ2n) is 5.97. The minimum absolute atomic E-state index is 0.125. The smallest absolute Gasteiger partial charge is 0.323 e. The number of pyridine rings is 1. The Bertz CT molecular complexity index is 1180. The molecule has 0 saturated carbocycles. The molecule has 0 unspecified atom stereocenters. The molecule has 0 fully saturated rings. The normalized spacial score (nSPS) is 11.1. The average Bonchev–Trinajstić information content (AvgIpc) is 2.99. The average molecular weight is 364 g/mol. The van der Waals surface area contributed by atoms with Crippen molar-refractivity contribution in [2.24, 2.45) is 0 Å². The summed E-state index contributed by atoms with van der Waals surface area (Å²) in [6.07, 6.45) is 0. The zero-order valence-electron chi connectivity index (χ0n) is 14.0. The number of aromatic nitrogens is 3. The number of anilines is 1. The third kappa shape index (κ3) is 3.34. The first-order valence-corrected chi connectivity index (χ1v) is 9.08. The zero-order chi connectivity index (χ0) is 18.1. The number of amides is 1. The third-order valence-electron chi connectivity index (χ3n) is 4.05. The van der Waals surface area contributed by atoms with Crippen LogP contribution < -0.4 is 11.0 Å². The molecule has 0 atom stereocenters. The summed E-state index contributed by atoms with van der Waals surface area (Å²) in [6, 6.07) is 15.2. The Morgan fingerprint density at radius 1 is 1.12 bits per heavy atom. The fourth-order valence-electron chi connectivity index (χ4n) is 2.84. The Kier molecular flexibility index (Phi) is 4.22. The van der Waals surface area contributed by atoms with Crippen molar-refractivity contribution in [3.8, 4) is 0 Å². The van der Waals surface area contributed by atoms with Gasteiger partial charge in [-0.2, -0.15) is 0 Å². The summed E-state index contributed by atoms with van der Waals surface area (Å²) in [4.78, 5) is 33.5. The number of aryl methyl sites for hydroxylation is 1. The van der Waals surface area contributed by atoms with Gasteiger partial charge in [0.1, 0.15) is 0 Å². The number of hydrogen-bond donors (Lipinski definition) is 3. The lowest BCUT2D eigenvalue weighted by Gasteiger charge is -2.07. The standard InChI is InChI=1S/C19H16N4O2S/c1-11-8-18(21-14-5-3-2-4-13(11)14)26-10-17(24)20-12-6-7-15-16(9-12)23-19(25)22-15/h2-9H,10H2,1H3,(H,20,24)(H2,22,23,25). The van der Waals surface area contributed by atoms with Gasteiger partial charge in [-0.15, -0.1) is 0 Å². The maximum Gasteiger partial charge on any atom is 0.323 e. The Balaban J connectivity index is 1.45. The summed E-state index contributed by atoms with van der Waals surface area (Å²) in [5.41, 5.74) is 3.81. The summed E-state index contributed by atoms with van der Waals surface area (Å²) in [7, 11) is 0. The molecule has 4 rings (SSSR count). The van der Waals surface area contributed by atoms with Crippen LogP contribution in [0.1, 0.15) is 5.56 Å². The summed E-state index contributed by atoms with van der Waals surface area (Å²) in [5.74, 6) is 0.131. The molecule has 1 amide bonds. The van der Waals surface area contributed by atoms with Crippen molar-refractivity contribution in [3.05, 3.63) is 64.6 Å². The van der Waals surface area contributed by atoms with Crippen LogP contribution in [-0.4, -0.2) is 26.6 Å². The third-order valence-corrected chi connectivity index (χ3v) is 4.96. The number of para-hydroxylation sites is 1. The van der Waals surface area contributed by atoms with Gasteiger partial charge in [0.2, 0.25) is 5.91 Å². The molecular weight excluding hydrogens is 348 g/mol. The minimum atomic E-state index is -0.267. The Hall–Kier alpha value is -3.06. The van der Waals surface area contributed by atoms with Crippen LogP contribution in [0.5, 0.6) is 0 Å². The predicted octanol–water partition coefficient (Wildman–Crippen LogP) is 3.44. The molecule has 7 heteroatoms. The van der Waals surface area contributed by atoms with E-state index in [1.165, 1.54) is 11.8 Å². The first-order chi connectivity index (χ1) is 12.6. The number of rotatable bonds is 4. The molecule has 130 valence electrons. The van der Waals surface area contributed by atoms with Crippen molar-refractivity contribution in [1.82, 2.24) is 15.0 Å². The van der Waals surface area contributed by atoms with E-state index in [2.05, 4.69) is 20.3 Å². The number of hydrogen-bond acceptors (Lipinski definition) is 4. The van der Waals surface area contributed by atoms with Gasteiger partial charge in [0.25, 0.3) is 0 Å². The highest BCUT2D eigenvalue weighted by molar-refractivity contribution is 7.99. The number of imidazole rings is 1. The fraction of sp³-hybridized carbons (Fsp3) is 0.105. The topological polar surface area (TPSA) is 90.6 Å². The van der Waals surface area contributed by atoms with E-state index in [4.69, 9.17) is 0 Å². The SMILES string of the molecule is Cc1cc(SCC(=O)Nc2ccc3[nH]c(=O)[nH]c3c2)nc2ccccc12. The van der Waals surface area contributed by atoms with Crippen molar-refractivity contribution in [1.29, 1.82) is 0 Å². The number of H-pyrrole nitrogens is 2. The lowest BCUT2D eigenvalue weighted by atomic mass is 10.1. The highest BCUT2D eigenvalue weighted by Crippen LogP contribution is 2.24. The molecule has 2 aromatic carbocycles. The minimum Gasteiger partial charge on any atom is -0.325 e. The van der Waals surface area contributed by atoms with Gasteiger partial charge in [-0.1, -0.05) is 30.0 Å². The number of fused-ring (bicyclic) bond motifs is 2. The van der Waals surface area contributed by atoms with E-state index >= 15 is 0 Å². The van der Waals surface area contributed by atoms with Gasteiger partial charge in [-0.05, 0) is 42.8 Å². The maximum absolute atomic E-state index is 12.2.